The Labute approximate surface area is 194 Å². The van der Waals surface area contributed by atoms with Gasteiger partial charge >= 0.3 is 0 Å². The van der Waals surface area contributed by atoms with Gasteiger partial charge in [0.25, 0.3) is 15.9 Å². The highest BCUT2D eigenvalue weighted by Gasteiger charge is 2.16. The number of benzene rings is 3. The van der Waals surface area contributed by atoms with Crippen LogP contribution in [0.15, 0.2) is 71.6 Å². The fraction of sp³-hybridized carbons (Fsp3) is 0.240. The normalized spacial score (nSPS) is 11.2. The molecular formula is C25H28N2O3S2. The molecule has 5 nitrogen and oxygen atoms in total. The lowest BCUT2D eigenvalue weighted by Gasteiger charge is -2.13. The number of anilines is 1. The number of aryl methyl sites for hydroxylation is 3. The number of rotatable bonds is 9. The smallest absolute Gasteiger partial charge is 0.261 e. The van der Waals surface area contributed by atoms with Gasteiger partial charge in [-0.05, 0) is 56.2 Å². The zero-order chi connectivity index (χ0) is 23.1. The summed E-state index contributed by atoms with van der Waals surface area (Å²) in [7, 11) is -3.73. The van der Waals surface area contributed by atoms with Crippen molar-refractivity contribution in [2.45, 2.75) is 31.4 Å². The van der Waals surface area contributed by atoms with Gasteiger partial charge in [-0.3, -0.25) is 9.52 Å². The van der Waals surface area contributed by atoms with Crippen molar-refractivity contribution in [3.8, 4) is 0 Å². The molecule has 3 aromatic carbocycles. The lowest BCUT2D eigenvalue weighted by molar-refractivity contribution is 0.0956. The van der Waals surface area contributed by atoms with Crippen molar-refractivity contribution in [1.82, 2.24) is 5.32 Å². The van der Waals surface area contributed by atoms with Crippen molar-refractivity contribution < 1.29 is 13.2 Å². The Morgan fingerprint density at radius 3 is 2.38 bits per heavy atom. The molecule has 168 valence electrons. The molecule has 0 aliphatic carbocycles. The number of hydrogen-bond acceptors (Lipinski definition) is 4. The molecule has 3 aromatic rings. The van der Waals surface area contributed by atoms with Crippen LogP contribution in [0.3, 0.4) is 0 Å². The molecule has 0 unspecified atom stereocenters. The minimum atomic E-state index is -3.73. The molecule has 0 aliphatic rings. The number of amides is 1. The first-order valence-corrected chi connectivity index (χ1v) is 13.0. The molecule has 7 heteroatoms. The lowest BCUT2D eigenvalue weighted by Crippen LogP contribution is -2.26. The van der Waals surface area contributed by atoms with Crippen LogP contribution in [-0.4, -0.2) is 26.6 Å². The molecule has 0 atom stereocenters. The minimum Gasteiger partial charge on any atom is -0.351 e. The first kappa shape index (κ1) is 23.9. The molecule has 0 saturated heterocycles. The maximum absolute atomic E-state index is 12.7. The van der Waals surface area contributed by atoms with E-state index in [2.05, 4.69) is 41.2 Å². The monoisotopic (exact) mass is 468 g/mol. The Kier molecular flexibility index (Phi) is 7.99. The van der Waals surface area contributed by atoms with Crippen molar-refractivity contribution >= 4 is 33.4 Å². The van der Waals surface area contributed by atoms with E-state index in [1.54, 1.807) is 61.2 Å². The number of sulfonamides is 1. The summed E-state index contributed by atoms with van der Waals surface area (Å²) in [4.78, 5) is 12.7. The molecule has 0 bridgehead atoms. The van der Waals surface area contributed by atoms with Crippen molar-refractivity contribution in [2.24, 2.45) is 0 Å². The van der Waals surface area contributed by atoms with Crippen molar-refractivity contribution in [2.75, 3.05) is 17.0 Å². The molecule has 0 spiro atoms. The number of hydrogen-bond donors (Lipinski definition) is 2. The van der Waals surface area contributed by atoms with Crippen LogP contribution in [-0.2, 0) is 15.8 Å². The van der Waals surface area contributed by atoms with Crippen LogP contribution in [0, 0.1) is 20.8 Å². The van der Waals surface area contributed by atoms with Gasteiger partial charge in [-0.2, -0.15) is 11.8 Å². The average molecular weight is 469 g/mol. The van der Waals surface area contributed by atoms with Crippen LogP contribution < -0.4 is 10.0 Å². The van der Waals surface area contributed by atoms with E-state index in [1.165, 1.54) is 11.1 Å². The van der Waals surface area contributed by atoms with E-state index in [0.29, 0.717) is 17.8 Å². The SMILES string of the molecule is Cc1ccc(S(=O)(=O)Nc2cc(C(=O)NCCSCc3cccc(C)c3)ccc2C)cc1. The summed E-state index contributed by atoms with van der Waals surface area (Å²) >= 11 is 1.76. The van der Waals surface area contributed by atoms with E-state index in [9.17, 15) is 13.2 Å². The van der Waals surface area contributed by atoms with Crippen LogP contribution in [0.5, 0.6) is 0 Å². The van der Waals surface area contributed by atoms with Crippen LogP contribution in [0.1, 0.15) is 32.6 Å². The molecule has 0 saturated carbocycles. The van der Waals surface area contributed by atoms with Crippen LogP contribution in [0.25, 0.3) is 0 Å². The fourth-order valence-corrected chi connectivity index (χ4v) is 5.05. The maximum Gasteiger partial charge on any atom is 0.261 e. The highest BCUT2D eigenvalue weighted by atomic mass is 32.2. The molecule has 3 rings (SSSR count). The molecule has 32 heavy (non-hydrogen) atoms. The summed E-state index contributed by atoms with van der Waals surface area (Å²) in [5, 5.41) is 2.91. The zero-order valence-electron chi connectivity index (χ0n) is 18.5. The summed E-state index contributed by atoms with van der Waals surface area (Å²) < 4.78 is 28.0. The van der Waals surface area contributed by atoms with Gasteiger partial charge in [-0.15, -0.1) is 0 Å². The maximum atomic E-state index is 12.7. The Balaban J connectivity index is 1.57. The van der Waals surface area contributed by atoms with Gasteiger partial charge in [0.05, 0.1) is 10.6 Å². The van der Waals surface area contributed by atoms with Crippen LogP contribution in [0.4, 0.5) is 5.69 Å². The first-order valence-electron chi connectivity index (χ1n) is 10.4. The molecule has 0 radical (unpaired) electrons. The molecular weight excluding hydrogens is 440 g/mol. The first-order chi connectivity index (χ1) is 15.2. The van der Waals surface area contributed by atoms with Crippen LogP contribution in [0.2, 0.25) is 0 Å². The summed E-state index contributed by atoms with van der Waals surface area (Å²) in [5.41, 5.74) is 5.05. The highest BCUT2D eigenvalue weighted by molar-refractivity contribution is 7.98. The number of thioether (sulfide) groups is 1. The zero-order valence-corrected chi connectivity index (χ0v) is 20.1. The molecule has 0 fully saturated rings. The average Bonchev–Trinajstić information content (AvgIpc) is 2.75. The summed E-state index contributed by atoms with van der Waals surface area (Å²) in [5.74, 6) is 1.46. The third kappa shape index (κ3) is 6.61. The van der Waals surface area contributed by atoms with Gasteiger partial charge in [0, 0.05) is 23.6 Å². The number of nitrogens with one attached hydrogen (secondary N) is 2. The van der Waals surface area contributed by atoms with Gasteiger partial charge in [0.15, 0.2) is 0 Å². The second-order valence-corrected chi connectivity index (χ2v) is 10.5. The third-order valence-corrected chi connectivity index (χ3v) is 7.37. The van der Waals surface area contributed by atoms with E-state index < -0.39 is 10.0 Å². The highest BCUT2D eigenvalue weighted by Crippen LogP contribution is 2.22. The van der Waals surface area contributed by atoms with Crippen LogP contribution >= 0.6 is 11.8 Å². The van der Waals surface area contributed by atoms with E-state index in [-0.39, 0.29) is 10.8 Å². The Morgan fingerprint density at radius 2 is 1.66 bits per heavy atom. The number of carbonyl (C=O) groups excluding carboxylic acids is 1. The predicted octanol–water partition coefficient (Wildman–Crippen LogP) is 5.08. The van der Waals surface area contributed by atoms with Gasteiger partial charge in [-0.1, -0.05) is 53.6 Å². The standard InChI is InChI=1S/C25H28N2O3S2/c1-18-7-11-23(12-8-18)32(29,30)27-24-16-22(10-9-20(24)3)25(28)26-13-14-31-17-21-6-4-5-19(2)15-21/h4-12,15-16,27H,13-14,17H2,1-3H3,(H,26,28). The van der Waals surface area contributed by atoms with Gasteiger partial charge in [0.2, 0.25) is 0 Å². The lowest BCUT2D eigenvalue weighted by atomic mass is 10.1. The topological polar surface area (TPSA) is 75.3 Å². The van der Waals surface area contributed by atoms with Crippen molar-refractivity contribution in [3.63, 3.8) is 0 Å². The minimum absolute atomic E-state index is 0.183. The third-order valence-electron chi connectivity index (χ3n) is 4.96. The van der Waals surface area contributed by atoms with Crippen molar-refractivity contribution in [3.05, 3.63) is 94.5 Å². The molecule has 2 N–H and O–H groups in total. The number of carbonyl (C=O) groups is 1. The van der Waals surface area contributed by atoms with E-state index in [1.807, 2.05) is 6.92 Å². The largest absolute Gasteiger partial charge is 0.351 e. The molecule has 0 aromatic heterocycles. The van der Waals surface area contributed by atoms with Gasteiger partial charge < -0.3 is 5.32 Å². The second kappa shape index (κ2) is 10.7. The molecule has 0 aliphatic heterocycles. The van der Waals surface area contributed by atoms with Gasteiger partial charge in [-0.25, -0.2) is 8.42 Å². The molecule has 0 heterocycles. The summed E-state index contributed by atoms with van der Waals surface area (Å²) in [6.07, 6.45) is 0. The summed E-state index contributed by atoms with van der Waals surface area (Å²) in [6.45, 7) is 6.31. The van der Waals surface area contributed by atoms with Gasteiger partial charge in [0.1, 0.15) is 0 Å². The summed E-state index contributed by atoms with van der Waals surface area (Å²) in [6, 6.07) is 20.1. The second-order valence-electron chi connectivity index (χ2n) is 7.75. The van der Waals surface area contributed by atoms with E-state index in [4.69, 9.17) is 0 Å². The Bertz CT molecular complexity index is 1190. The predicted molar refractivity (Wildman–Crippen MR) is 133 cm³/mol. The van der Waals surface area contributed by atoms with E-state index in [0.717, 1.165) is 22.6 Å². The molecule has 1 amide bonds. The van der Waals surface area contributed by atoms with Crippen molar-refractivity contribution in [1.29, 1.82) is 0 Å². The van der Waals surface area contributed by atoms with E-state index >= 15 is 0 Å². The fourth-order valence-electron chi connectivity index (χ4n) is 3.13. The Morgan fingerprint density at radius 1 is 0.906 bits per heavy atom. The quantitative estimate of drug-likeness (QED) is 0.430. The Hall–Kier alpha value is -2.77.